The SMILES string of the molecule is Cc1cccc(NS(=O)(=O)c2cc(Cl)cc(CN)c2F)c1. The van der Waals surface area contributed by atoms with Gasteiger partial charge in [-0.15, -0.1) is 0 Å². The molecule has 112 valence electrons. The van der Waals surface area contributed by atoms with Gasteiger partial charge >= 0.3 is 0 Å². The lowest BCUT2D eigenvalue weighted by molar-refractivity contribution is 0.561. The summed E-state index contributed by atoms with van der Waals surface area (Å²) in [7, 11) is -4.08. The molecule has 21 heavy (non-hydrogen) atoms. The maximum absolute atomic E-state index is 14.2. The second kappa shape index (κ2) is 6.01. The van der Waals surface area contributed by atoms with Crippen molar-refractivity contribution in [2.45, 2.75) is 18.4 Å². The highest BCUT2D eigenvalue weighted by Crippen LogP contribution is 2.25. The van der Waals surface area contributed by atoms with Crippen LogP contribution in [-0.4, -0.2) is 8.42 Å². The van der Waals surface area contributed by atoms with Crippen LogP contribution in [0.3, 0.4) is 0 Å². The lowest BCUT2D eigenvalue weighted by atomic mass is 10.2. The van der Waals surface area contributed by atoms with Crippen molar-refractivity contribution in [1.29, 1.82) is 0 Å². The Balaban J connectivity index is 2.47. The van der Waals surface area contributed by atoms with Crippen LogP contribution in [0.1, 0.15) is 11.1 Å². The monoisotopic (exact) mass is 328 g/mol. The number of halogens is 2. The second-order valence-electron chi connectivity index (χ2n) is 4.56. The molecule has 3 N–H and O–H groups in total. The highest BCUT2D eigenvalue weighted by atomic mass is 35.5. The zero-order chi connectivity index (χ0) is 15.6. The Bertz CT molecular complexity index is 779. The molecule has 0 fully saturated rings. The van der Waals surface area contributed by atoms with Gasteiger partial charge in [-0.2, -0.15) is 0 Å². The first-order valence-electron chi connectivity index (χ1n) is 6.11. The topological polar surface area (TPSA) is 72.2 Å². The Morgan fingerprint density at radius 3 is 2.62 bits per heavy atom. The molecule has 0 aliphatic heterocycles. The average Bonchev–Trinajstić information content (AvgIpc) is 2.40. The first-order valence-corrected chi connectivity index (χ1v) is 7.97. The van der Waals surface area contributed by atoms with E-state index >= 15 is 0 Å². The van der Waals surface area contributed by atoms with Crippen molar-refractivity contribution in [3.8, 4) is 0 Å². The number of nitrogens with one attached hydrogen (secondary N) is 1. The number of rotatable bonds is 4. The Morgan fingerprint density at radius 1 is 1.29 bits per heavy atom. The molecule has 0 atom stereocenters. The Kier molecular flexibility index (Phi) is 4.51. The lowest BCUT2D eigenvalue weighted by Gasteiger charge is -2.11. The van der Waals surface area contributed by atoms with Crippen molar-refractivity contribution in [2.75, 3.05) is 4.72 Å². The van der Waals surface area contributed by atoms with Gasteiger partial charge < -0.3 is 5.73 Å². The molecule has 0 unspecified atom stereocenters. The van der Waals surface area contributed by atoms with E-state index in [-0.39, 0.29) is 17.1 Å². The molecule has 0 saturated carbocycles. The van der Waals surface area contributed by atoms with Crippen LogP contribution < -0.4 is 10.5 Å². The Hall–Kier alpha value is -1.63. The van der Waals surface area contributed by atoms with E-state index in [2.05, 4.69) is 4.72 Å². The van der Waals surface area contributed by atoms with Gasteiger partial charge in [0.25, 0.3) is 10.0 Å². The van der Waals surface area contributed by atoms with E-state index < -0.39 is 20.7 Å². The van der Waals surface area contributed by atoms with Crippen molar-refractivity contribution in [1.82, 2.24) is 0 Å². The molecule has 2 aromatic rings. The first kappa shape index (κ1) is 15.8. The summed E-state index contributed by atoms with van der Waals surface area (Å²) in [6.45, 7) is 1.68. The molecule has 0 saturated heterocycles. The summed E-state index contributed by atoms with van der Waals surface area (Å²) in [6.07, 6.45) is 0. The van der Waals surface area contributed by atoms with Crippen molar-refractivity contribution in [2.24, 2.45) is 5.73 Å². The van der Waals surface area contributed by atoms with E-state index in [1.807, 2.05) is 13.0 Å². The quantitative estimate of drug-likeness (QED) is 0.906. The van der Waals surface area contributed by atoms with Crippen molar-refractivity contribution in [3.05, 3.63) is 58.4 Å². The third-order valence-electron chi connectivity index (χ3n) is 2.86. The predicted molar refractivity (Wildman–Crippen MR) is 81.3 cm³/mol. The van der Waals surface area contributed by atoms with Gasteiger partial charge in [0.2, 0.25) is 0 Å². The van der Waals surface area contributed by atoms with Gasteiger partial charge in [-0.05, 0) is 36.8 Å². The van der Waals surface area contributed by atoms with E-state index in [0.29, 0.717) is 5.69 Å². The van der Waals surface area contributed by atoms with Crippen LogP contribution >= 0.6 is 11.6 Å². The summed E-state index contributed by atoms with van der Waals surface area (Å²) in [4.78, 5) is -0.517. The minimum atomic E-state index is -4.08. The standard InChI is InChI=1S/C14H14ClFN2O2S/c1-9-3-2-4-12(5-9)18-21(19,20)13-7-11(15)6-10(8-17)14(13)16/h2-7,18H,8,17H2,1H3. The van der Waals surface area contributed by atoms with Crippen molar-refractivity contribution >= 4 is 27.3 Å². The van der Waals surface area contributed by atoms with E-state index in [0.717, 1.165) is 11.6 Å². The fourth-order valence-electron chi connectivity index (χ4n) is 1.88. The second-order valence-corrected chi connectivity index (χ2v) is 6.64. The first-order chi connectivity index (χ1) is 9.83. The third-order valence-corrected chi connectivity index (χ3v) is 4.46. The molecule has 4 nitrogen and oxygen atoms in total. The molecule has 0 spiro atoms. The van der Waals surface area contributed by atoms with Gasteiger partial charge in [-0.1, -0.05) is 23.7 Å². The van der Waals surface area contributed by atoms with Gasteiger partial charge in [-0.25, -0.2) is 12.8 Å². The van der Waals surface area contributed by atoms with E-state index in [4.69, 9.17) is 17.3 Å². The largest absolute Gasteiger partial charge is 0.326 e. The summed E-state index contributed by atoms with van der Waals surface area (Å²) >= 11 is 5.82. The average molecular weight is 329 g/mol. The van der Waals surface area contributed by atoms with Crippen molar-refractivity contribution in [3.63, 3.8) is 0 Å². The van der Waals surface area contributed by atoms with Crippen LogP contribution in [0.15, 0.2) is 41.3 Å². The molecule has 7 heteroatoms. The molecule has 0 aliphatic carbocycles. The molecule has 2 aromatic carbocycles. The summed E-state index contributed by atoms with van der Waals surface area (Å²) < 4.78 is 41.1. The number of hydrogen-bond donors (Lipinski definition) is 2. The van der Waals surface area contributed by atoms with Gasteiger partial charge in [-0.3, -0.25) is 4.72 Å². The summed E-state index contributed by atoms with van der Waals surface area (Å²) in [6, 6.07) is 9.12. The van der Waals surface area contributed by atoms with Gasteiger partial charge in [0, 0.05) is 22.8 Å². The van der Waals surface area contributed by atoms with Crippen LogP contribution in [0, 0.1) is 12.7 Å². The highest BCUT2D eigenvalue weighted by Gasteiger charge is 2.22. The minimum Gasteiger partial charge on any atom is -0.326 e. The number of hydrogen-bond acceptors (Lipinski definition) is 3. The number of nitrogens with two attached hydrogens (primary N) is 1. The van der Waals surface area contributed by atoms with Crippen LogP contribution in [-0.2, 0) is 16.6 Å². The number of aryl methyl sites for hydroxylation is 1. The van der Waals surface area contributed by atoms with Crippen LogP contribution in [0.25, 0.3) is 0 Å². The Morgan fingerprint density at radius 2 is 2.00 bits per heavy atom. The summed E-state index contributed by atoms with van der Waals surface area (Å²) in [5.41, 5.74) is 6.67. The molecule has 0 aromatic heterocycles. The third kappa shape index (κ3) is 3.53. The van der Waals surface area contributed by atoms with E-state index in [1.54, 1.807) is 18.2 Å². The maximum Gasteiger partial charge on any atom is 0.264 e. The molecule has 0 amide bonds. The smallest absolute Gasteiger partial charge is 0.264 e. The number of sulfonamides is 1. The highest BCUT2D eigenvalue weighted by molar-refractivity contribution is 7.92. The zero-order valence-electron chi connectivity index (χ0n) is 11.2. The number of anilines is 1. The zero-order valence-corrected chi connectivity index (χ0v) is 12.8. The predicted octanol–water partition coefficient (Wildman–Crippen LogP) is 3.05. The van der Waals surface area contributed by atoms with Crippen LogP contribution in [0.2, 0.25) is 5.02 Å². The lowest BCUT2D eigenvalue weighted by Crippen LogP contribution is -2.16. The maximum atomic E-state index is 14.2. The minimum absolute atomic E-state index is 0.0483. The molecule has 0 radical (unpaired) electrons. The molecule has 0 bridgehead atoms. The summed E-state index contributed by atoms with van der Waals surface area (Å²) in [5.74, 6) is -0.887. The van der Waals surface area contributed by atoms with E-state index in [1.165, 1.54) is 6.07 Å². The summed E-state index contributed by atoms with van der Waals surface area (Å²) in [5, 5.41) is 0.112. The molecular weight excluding hydrogens is 315 g/mol. The fourth-order valence-corrected chi connectivity index (χ4v) is 3.38. The van der Waals surface area contributed by atoms with Gasteiger partial charge in [0.05, 0.1) is 0 Å². The van der Waals surface area contributed by atoms with E-state index in [9.17, 15) is 12.8 Å². The van der Waals surface area contributed by atoms with Crippen LogP contribution in [0.4, 0.5) is 10.1 Å². The van der Waals surface area contributed by atoms with Crippen LogP contribution in [0.5, 0.6) is 0 Å². The molecule has 0 aliphatic rings. The van der Waals surface area contributed by atoms with Crippen molar-refractivity contribution < 1.29 is 12.8 Å². The Labute approximate surface area is 127 Å². The molecule has 2 rings (SSSR count). The number of benzene rings is 2. The normalized spacial score (nSPS) is 11.4. The molecule has 0 heterocycles. The van der Waals surface area contributed by atoms with Gasteiger partial charge in [0.1, 0.15) is 10.7 Å². The van der Waals surface area contributed by atoms with Gasteiger partial charge in [0.15, 0.2) is 0 Å². The molecular formula is C14H14ClFN2O2S. The fraction of sp³-hybridized carbons (Fsp3) is 0.143.